The molecule has 0 bridgehead atoms. The third-order valence-electron chi connectivity index (χ3n) is 9.36. The van der Waals surface area contributed by atoms with Crippen molar-refractivity contribution >= 4 is 5.91 Å². The van der Waals surface area contributed by atoms with Gasteiger partial charge in [-0.15, -0.1) is 0 Å². The molecule has 0 spiro atoms. The zero-order valence-electron chi connectivity index (χ0n) is 30.0. The van der Waals surface area contributed by atoms with Crippen molar-refractivity contribution in [1.29, 1.82) is 0 Å². The predicted octanol–water partition coefficient (Wildman–Crippen LogP) is 6.61. The van der Waals surface area contributed by atoms with Crippen LogP contribution < -0.4 is 5.32 Å². The van der Waals surface area contributed by atoms with Gasteiger partial charge in [0.05, 0.1) is 25.4 Å². The minimum Gasteiger partial charge on any atom is -0.394 e. The second-order valence-electron chi connectivity index (χ2n) is 13.7. The zero-order valence-corrected chi connectivity index (χ0v) is 30.0. The van der Waals surface area contributed by atoms with Gasteiger partial charge in [-0.1, -0.05) is 154 Å². The maximum atomic E-state index is 12.7. The van der Waals surface area contributed by atoms with Crippen molar-refractivity contribution < 1.29 is 39.8 Å². The SMILES string of the molecule is CCCCCCCCCCCCCCCCC/C=C/[C@@H](O)[C@H](CO[C@@H]1O[C@H](CO)[C@@H](O)C(O)C1O)NC(=O)CCCCCCCCC. The van der Waals surface area contributed by atoms with Gasteiger partial charge in [0.1, 0.15) is 24.4 Å². The van der Waals surface area contributed by atoms with Gasteiger partial charge in [0.25, 0.3) is 0 Å². The zero-order chi connectivity index (χ0) is 34.5. The number of aliphatic hydroxyl groups is 5. The average Bonchev–Trinajstić information content (AvgIpc) is 3.07. The summed E-state index contributed by atoms with van der Waals surface area (Å²) in [6.45, 7) is 3.71. The lowest BCUT2D eigenvalue weighted by Gasteiger charge is -2.40. The van der Waals surface area contributed by atoms with Crippen molar-refractivity contribution in [3.8, 4) is 0 Å². The van der Waals surface area contributed by atoms with Gasteiger partial charge < -0.3 is 40.3 Å². The van der Waals surface area contributed by atoms with Crippen LogP contribution in [-0.4, -0.2) is 87.5 Å². The van der Waals surface area contributed by atoms with Crippen LogP contribution >= 0.6 is 0 Å². The number of unbranched alkanes of at least 4 members (excludes halogenated alkanes) is 21. The van der Waals surface area contributed by atoms with E-state index in [0.717, 1.165) is 38.5 Å². The topological polar surface area (TPSA) is 149 Å². The fraction of sp³-hybridized carbons (Fsp3) is 0.921. The van der Waals surface area contributed by atoms with E-state index in [4.69, 9.17) is 9.47 Å². The van der Waals surface area contributed by atoms with Crippen molar-refractivity contribution in [3.63, 3.8) is 0 Å². The molecule has 47 heavy (non-hydrogen) atoms. The molecule has 1 amide bonds. The maximum absolute atomic E-state index is 12.7. The van der Waals surface area contributed by atoms with E-state index in [1.54, 1.807) is 6.08 Å². The third kappa shape index (κ3) is 21.6. The summed E-state index contributed by atoms with van der Waals surface area (Å²) in [6, 6.07) is -0.795. The van der Waals surface area contributed by atoms with Crippen molar-refractivity contribution in [2.45, 2.75) is 211 Å². The molecule has 1 aliphatic heterocycles. The first kappa shape index (κ1) is 44.0. The fourth-order valence-corrected chi connectivity index (χ4v) is 6.15. The van der Waals surface area contributed by atoms with Crippen LogP contribution in [0.2, 0.25) is 0 Å². The molecule has 7 atom stereocenters. The summed E-state index contributed by atoms with van der Waals surface area (Å²) in [5.74, 6) is -0.184. The summed E-state index contributed by atoms with van der Waals surface area (Å²) in [4.78, 5) is 12.7. The predicted molar refractivity (Wildman–Crippen MR) is 189 cm³/mol. The molecule has 6 N–H and O–H groups in total. The molecule has 2 unspecified atom stereocenters. The summed E-state index contributed by atoms with van der Waals surface area (Å²) in [7, 11) is 0. The van der Waals surface area contributed by atoms with Crippen LogP contribution in [0, 0.1) is 0 Å². The number of hydrogen-bond acceptors (Lipinski definition) is 8. The molecule has 1 rings (SSSR count). The van der Waals surface area contributed by atoms with E-state index < -0.39 is 49.5 Å². The summed E-state index contributed by atoms with van der Waals surface area (Å²) in [5, 5.41) is 53.8. The Kier molecular flexibility index (Phi) is 27.9. The van der Waals surface area contributed by atoms with E-state index in [1.807, 2.05) is 6.08 Å². The Bertz CT molecular complexity index is 751. The number of ether oxygens (including phenoxy) is 2. The number of amides is 1. The third-order valence-corrected chi connectivity index (χ3v) is 9.36. The Morgan fingerprint density at radius 3 is 1.66 bits per heavy atom. The molecule has 0 radical (unpaired) electrons. The number of allylic oxidation sites excluding steroid dienone is 1. The van der Waals surface area contributed by atoms with Gasteiger partial charge in [-0.25, -0.2) is 0 Å². The first-order chi connectivity index (χ1) is 22.8. The number of aliphatic hydroxyl groups excluding tert-OH is 5. The molecule has 0 saturated carbocycles. The molecule has 0 aromatic heterocycles. The molecule has 278 valence electrons. The second kappa shape index (κ2) is 29.8. The number of hydrogen-bond donors (Lipinski definition) is 6. The molecule has 1 fully saturated rings. The van der Waals surface area contributed by atoms with Crippen LogP contribution in [0.1, 0.15) is 168 Å². The highest BCUT2D eigenvalue weighted by atomic mass is 16.7. The molecule has 9 nitrogen and oxygen atoms in total. The van der Waals surface area contributed by atoms with Crippen molar-refractivity contribution in [2.24, 2.45) is 0 Å². The van der Waals surface area contributed by atoms with E-state index in [-0.39, 0.29) is 12.5 Å². The lowest BCUT2D eigenvalue weighted by atomic mass is 9.99. The van der Waals surface area contributed by atoms with Gasteiger partial charge in [-0.2, -0.15) is 0 Å². The lowest BCUT2D eigenvalue weighted by molar-refractivity contribution is -0.302. The number of rotatable bonds is 31. The normalized spacial score (nSPS) is 22.9. The van der Waals surface area contributed by atoms with Crippen LogP contribution in [0.5, 0.6) is 0 Å². The van der Waals surface area contributed by atoms with Gasteiger partial charge in [-0.05, 0) is 19.3 Å². The first-order valence-corrected chi connectivity index (χ1v) is 19.4. The van der Waals surface area contributed by atoms with Crippen molar-refractivity contribution in [1.82, 2.24) is 5.32 Å². The smallest absolute Gasteiger partial charge is 0.220 e. The Hall–Kier alpha value is -1.07. The van der Waals surface area contributed by atoms with Crippen molar-refractivity contribution in [2.75, 3.05) is 13.2 Å². The van der Waals surface area contributed by atoms with Crippen LogP contribution in [0.15, 0.2) is 12.2 Å². The molecule has 0 aromatic rings. The van der Waals surface area contributed by atoms with Crippen LogP contribution in [0.4, 0.5) is 0 Å². The Morgan fingerprint density at radius 2 is 1.17 bits per heavy atom. The van der Waals surface area contributed by atoms with E-state index in [1.165, 1.54) is 109 Å². The lowest BCUT2D eigenvalue weighted by Crippen LogP contribution is -2.60. The maximum Gasteiger partial charge on any atom is 0.220 e. The number of carbonyl (C=O) groups is 1. The first-order valence-electron chi connectivity index (χ1n) is 19.4. The van der Waals surface area contributed by atoms with E-state index in [9.17, 15) is 30.3 Å². The largest absolute Gasteiger partial charge is 0.394 e. The summed E-state index contributed by atoms with van der Waals surface area (Å²) in [5.41, 5.74) is 0. The van der Waals surface area contributed by atoms with Crippen molar-refractivity contribution in [3.05, 3.63) is 12.2 Å². The van der Waals surface area contributed by atoms with Gasteiger partial charge in [0.15, 0.2) is 6.29 Å². The summed E-state index contributed by atoms with van der Waals surface area (Å²) in [6.07, 6.45) is 24.2. The number of nitrogens with one attached hydrogen (secondary N) is 1. The highest BCUT2D eigenvalue weighted by Crippen LogP contribution is 2.22. The monoisotopic (exact) mass is 672 g/mol. The highest BCUT2D eigenvalue weighted by molar-refractivity contribution is 5.76. The molecular weight excluding hydrogens is 598 g/mol. The van der Waals surface area contributed by atoms with Gasteiger partial charge >= 0.3 is 0 Å². The Balaban J connectivity index is 2.39. The molecule has 9 heteroatoms. The van der Waals surface area contributed by atoms with Crippen LogP contribution in [-0.2, 0) is 14.3 Å². The van der Waals surface area contributed by atoms with Gasteiger partial charge in [0, 0.05) is 6.42 Å². The standard InChI is InChI=1S/C38H73NO8/c1-3-5-7-9-11-12-13-14-15-16-17-18-19-20-22-23-25-27-32(41)31(39-34(42)28-26-24-21-10-8-6-4-2)30-46-38-37(45)36(44)35(43)33(29-40)47-38/h25,27,31-33,35-38,40-41,43-45H,3-24,26,28-30H2,1-2H3,(H,39,42)/b27-25+/t31-,32+,33+,35+,36?,37?,38+/m0/s1. The molecule has 0 aliphatic carbocycles. The quantitative estimate of drug-likeness (QED) is 0.0357. The van der Waals surface area contributed by atoms with Gasteiger partial charge in [-0.3, -0.25) is 4.79 Å². The van der Waals surface area contributed by atoms with E-state index in [0.29, 0.717) is 6.42 Å². The molecule has 1 saturated heterocycles. The minimum absolute atomic E-state index is 0.184. The molecular formula is C38H73NO8. The fourth-order valence-electron chi connectivity index (χ4n) is 6.15. The molecule has 1 aliphatic rings. The second-order valence-corrected chi connectivity index (χ2v) is 13.7. The Labute approximate surface area is 286 Å². The minimum atomic E-state index is -1.56. The van der Waals surface area contributed by atoms with Crippen LogP contribution in [0.3, 0.4) is 0 Å². The average molecular weight is 672 g/mol. The molecule has 0 aromatic carbocycles. The summed E-state index contributed by atoms with van der Waals surface area (Å²) >= 11 is 0. The Morgan fingerprint density at radius 1 is 0.702 bits per heavy atom. The van der Waals surface area contributed by atoms with Gasteiger partial charge in [0.2, 0.25) is 5.91 Å². The van der Waals surface area contributed by atoms with E-state index >= 15 is 0 Å². The number of carbonyl (C=O) groups excluding carboxylic acids is 1. The highest BCUT2D eigenvalue weighted by Gasteiger charge is 2.44. The molecule has 1 heterocycles. The summed E-state index contributed by atoms with van der Waals surface area (Å²) < 4.78 is 11.1. The van der Waals surface area contributed by atoms with Crippen LogP contribution in [0.25, 0.3) is 0 Å². The van der Waals surface area contributed by atoms with E-state index in [2.05, 4.69) is 19.2 Å².